The Balaban J connectivity index is 3.50. The van der Waals surface area contributed by atoms with Crippen molar-refractivity contribution in [2.45, 2.75) is 0 Å². The summed E-state index contributed by atoms with van der Waals surface area (Å²) in [5.41, 5.74) is -0.693. The zero-order valence-electron chi connectivity index (χ0n) is 3.79. The van der Waals surface area contributed by atoms with Gasteiger partial charge in [0.15, 0.2) is 0 Å². The van der Waals surface area contributed by atoms with Gasteiger partial charge in [0.05, 0.1) is 6.07 Å². The Kier molecular flexibility index (Phi) is 0.997. The highest BCUT2D eigenvalue weighted by Gasteiger charge is 1.84. The Bertz CT molecular complexity index is 242. The van der Waals surface area contributed by atoms with Crippen LogP contribution in [-0.2, 0) is 0 Å². The lowest BCUT2D eigenvalue weighted by atomic mass is 10.7. The third-order valence-corrected chi connectivity index (χ3v) is 0.552. The average molecular weight is 114 g/mol. The fourth-order valence-electron chi connectivity index (χ4n) is 0.285. The Morgan fingerprint density at radius 2 is 2.12 bits per heavy atom. The van der Waals surface area contributed by atoms with Crippen LogP contribution in [0.15, 0.2) is 30.8 Å². The highest BCUT2D eigenvalue weighted by molar-refractivity contribution is 4.68. The molecule has 1 heterocycles. The van der Waals surface area contributed by atoms with Gasteiger partial charge in [0.2, 0.25) is 0 Å². The van der Waals surface area contributed by atoms with E-state index in [9.17, 15) is 9.59 Å². The Morgan fingerprint density at radius 1 is 1.38 bits per heavy atom. The minimum Gasteiger partial charge on any atom is -0.402 e. The van der Waals surface area contributed by atoms with Crippen LogP contribution in [-0.4, -0.2) is 0 Å². The van der Waals surface area contributed by atoms with Crippen LogP contribution < -0.4 is 11.4 Å². The summed E-state index contributed by atoms with van der Waals surface area (Å²) in [6, 6.07) is 1.02. The van der Waals surface area contributed by atoms with Gasteiger partial charge in [-0.3, -0.25) is 0 Å². The molecular weight excluding hydrogens is 112 g/mol. The van der Waals surface area contributed by atoms with Crippen LogP contribution in [0.1, 0.15) is 0 Å². The lowest BCUT2D eigenvalue weighted by Crippen LogP contribution is -2.06. The second-order valence-electron chi connectivity index (χ2n) is 1.09. The minimum atomic E-state index is -0.975. The summed E-state index contributed by atoms with van der Waals surface area (Å²) in [6.45, 7) is 0. The molecule has 42 valence electrons. The van der Waals surface area contributed by atoms with Gasteiger partial charge >= 0.3 is 11.4 Å². The highest BCUT2D eigenvalue weighted by Crippen LogP contribution is 1.63. The molecule has 1 aromatic heterocycles. The highest BCUT2D eigenvalue weighted by atomic mass is 16.5. The van der Waals surface area contributed by atoms with Gasteiger partial charge in [-0.25, -0.2) is 9.59 Å². The standard InChI is InChI=1S/C4H2O4/c5-3-1-2-7-4(6)8-3/h1-2H. The maximum atomic E-state index is 10.1. The van der Waals surface area contributed by atoms with Gasteiger partial charge in [0, 0.05) is 0 Å². The topological polar surface area (TPSA) is 60.4 Å². The largest absolute Gasteiger partial charge is 0.521 e. The normalized spacial score (nSPS) is 9.00. The van der Waals surface area contributed by atoms with E-state index in [1.807, 2.05) is 0 Å². The van der Waals surface area contributed by atoms with Crippen molar-refractivity contribution in [3.8, 4) is 0 Å². The van der Waals surface area contributed by atoms with Crippen LogP contribution in [0.25, 0.3) is 0 Å². The van der Waals surface area contributed by atoms with Crippen LogP contribution in [0.3, 0.4) is 0 Å². The van der Waals surface area contributed by atoms with Crippen molar-refractivity contribution in [2.24, 2.45) is 0 Å². The van der Waals surface area contributed by atoms with Crippen molar-refractivity contribution in [3.63, 3.8) is 0 Å². The summed E-state index contributed by atoms with van der Waals surface area (Å²) < 4.78 is 7.98. The van der Waals surface area contributed by atoms with Crippen molar-refractivity contribution in [3.05, 3.63) is 33.4 Å². The summed E-state index contributed by atoms with van der Waals surface area (Å²) in [6.07, 6.45) is 0.980. The van der Waals surface area contributed by atoms with Crippen LogP contribution in [0, 0.1) is 0 Å². The van der Waals surface area contributed by atoms with Crippen LogP contribution in [0.4, 0.5) is 0 Å². The molecule has 1 rings (SSSR count). The molecule has 0 atom stereocenters. The molecule has 0 aromatic carbocycles. The molecule has 1 aromatic rings. The second kappa shape index (κ2) is 1.65. The predicted octanol–water partition coefficient (Wildman–Crippen LogP) is -0.407. The van der Waals surface area contributed by atoms with E-state index in [4.69, 9.17) is 0 Å². The number of hydrogen-bond acceptors (Lipinski definition) is 4. The van der Waals surface area contributed by atoms with E-state index >= 15 is 0 Å². The van der Waals surface area contributed by atoms with Crippen LogP contribution >= 0.6 is 0 Å². The molecule has 0 N–H and O–H groups in total. The number of rotatable bonds is 0. The average Bonchev–Trinajstić information content (AvgIpc) is 1.64. The molecule has 0 bridgehead atoms. The molecule has 0 radical (unpaired) electrons. The van der Waals surface area contributed by atoms with Gasteiger partial charge in [-0.1, -0.05) is 0 Å². The Morgan fingerprint density at radius 3 is 2.50 bits per heavy atom. The van der Waals surface area contributed by atoms with E-state index in [2.05, 4.69) is 8.83 Å². The molecule has 0 spiro atoms. The quantitative estimate of drug-likeness (QED) is 0.460. The number of hydrogen-bond donors (Lipinski definition) is 0. The molecule has 4 nitrogen and oxygen atoms in total. The Hall–Kier alpha value is -1.32. The van der Waals surface area contributed by atoms with Crippen molar-refractivity contribution in [1.29, 1.82) is 0 Å². The zero-order chi connectivity index (χ0) is 5.98. The van der Waals surface area contributed by atoms with Gasteiger partial charge in [-0.2, -0.15) is 0 Å². The summed E-state index contributed by atoms with van der Waals surface area (Å²) >= 11 is 0. The van der Waals surface area contributed by atoms with E-state index in [-0.39, 0.29) is 0 Å². The van der Waals surface area contributed by atoms with Gasteiger partial charge in [-0.15, -0.1) is 0 Å². The maximum absolute atomic E-state index is 10.1. The van der Waals surface area contributed by atoms with Crippen molar-refractivity contribution in [2.75, 3.05) is 0 Å². The van der Waals surface area contributed by atoms with Crippen molar-refractivity contribution < 1.29 is 8.83 Å². The van der Waals surface area contributed by atoms with E-state index in [1.165, 1.54) is 0 Å². The summed E-state index contributed by atoms with van der Waals surface area (Å²) in [7, 11) is 0. The monoisotopic (exact) mass is 114 g/mol. The van der Waals surface area contributed by atoms with E-state index in [0.29, 0.717) is 0 Å². The molecule has 0 saturated heterocycles. The van der Waals surface area contributed by atoms with E-state index < -0.39 is 11.4 Å². The molecule has 0 saturated carbocycles. The molecule has 0 aliphatic rings. The molecule has 0 unspecified atom stereocenters. The van der Waals surface area contributed by atoms with Crippen LogP contribution in [0.5, 0.6) is 0 Å². The molecule has 4 heteroatoms. The SMILES string of the molecule is O=c1ccoc(=O)o1. The van der Waals surface area contributed by atoms with Gasteiger partial charge in [-0.05, 0) is 0 Å². The van der Waals surface area contributed by atoms with E-state index in [0.717, 1.165) is 12.3 Å². The second-order valence-corrected chi connectivity index (χ2v) is 1.09. The smallest absolute Gasteiger partial charge is 0.402 e. The molecule has 0 amide bonds. The third kappa shape index (κ3) is 0.841. The fraction of sp³-hybridized carbons (Fsp3) is 0. The van der Waals surface area contributed by atoms with Gasteiger partial charge < -0.3 is 8.83 Å². The summed E-state index contributed by atoms with van der Waals surface area (Å²) in [5.74, 6) is -0.975. The summed E-state index contributed by atoms with van der Waals surface area (Å²) in [5, 5.41) is 0. The van der Waals surface area contributed by atoms with E-state index in [1.54, 1.807) is 0 Å². The lowest BCUT2D eigenvalue weighted by Gasteiger charge is -1.72. The molecule has 8 heavy (non-hydrogen) atoms. The first-order valence-electron chi connectivity index (χ1n) is 1.88. The molecular formula is C4H2O4. The Labute approximate surface area is 43.4 Å². The summed E-state index contributed by atoms with van der Waals surface area (Å²) in [4.78, 5) is 20.0. The van der Waals surface area contributed by atoms with Gasteiger partial charge in [0.1, 0.15) is 6.26 Å². The van der Waals surface area contributed by atoms with Crippen LogP contribution in [0.2, 0.25) is 0 Å². The first kappa shape index (κ1) is 4.83. The lowest BCUT2D eigenvalue weighted by molar-refractivity contribution is 0.301. The minimum absolute atomic E-state index is 0.693. The first-order chi connectivity index (χ1) is 3.79. The molecule has 0 fully saturated rings. The van der Waals surface area contributed by atoms with Crippen molar-refractivity contribution >= 4 is 0 Å². The van der Waals surface area contributed by atoms with Crippen molar-refractivity contribution in [1.82, 2.24) is 0 Å². The predicted molar refractivity (Wildman–Crippen MR) is 23.5 cm³/mol. The zero-order valence-corrected chi connectivity index (χ0v) is 3.79. The van der Waals surface area contributed by atoms with Gasteiger partial charge in [0.25, 0.3) is 0 Å². The molecule has 0 aliphatic heterocycles. The third-order valence-electron chi connectivity index (χ3n) is 0.552. The molecule has 0 aliphatic carbocycles. The first-order valence-corrected chi connectivity index (χ1v) is 1.88. The fourth-order valence-corrected chi connectivity index (χ4v) is 0.285. The maximum Gasteiger partial charge on any atom is 0.521 e.